The van der Waals surface area contributed by atoms with Crippen molar-refractivity contribution in [1.82, 2.24) is 20.4 Å². The molecular formula is C19H40IN5. The molecule has 1 saturated carbocycles. The Hall–Kier alpha value is -0.0800. The van der Waals surface area contributed by atoms with Crippen LogP contribution in [0.25, 0.3) is 0 Å². The summed E-state index contributed by atoms with van der Waals surface area (Å²) in [6.07, 6.45) is 6.76. The summed E-state index contributed by atoms with van der Waals surface area (Å²) >= 11 is 0. The smallest absolute Gasteiger partial charge is 0.191 e. The van der Waals surface area contributed by atoms with Crippen LogP contribution in [0.2, 0.25) is 0 Å². The number of nitrogens with one attached hydrogen (secondary N) is 2. The largest absolute Gasteiger partial charge is 0.357 e. The van der Waals surface area contributed by atoms with Crippen molar-refractivity contribution in [2.45, 2.75) is 77.4 Å². The fraction of sp³-hybridized carbons (Fsp3) is 0.947. The molecule has 1 unspecified atom stereocenters. The summed E-state index contributed by atoms with van der Waals surface area (Å²) < 4.78 is 0. The molecule has 1 heterocycles. The molecule has 2 rings (SSSR count). The van der Waals surface area contributed by atoms with Crippen LogP contribution in [0.4, 0.5) is 0 Å². The Morgan fingerprint density at radius 3 is 2.40 bits per heavy atom. The molecule has 6 heteroatoms. The molecule has 1 atom stereocenters. The van der Waals surface area contributed by atoms with E-state index in [-0.39, 0.29) is 29.5 Å². The normalized spacial score (nSPS) is 21.0. The highest BCUT2D eigenvalue weighted by molar-refractivity contribution is 14.0. The lowest BCUT2D eigenvalue weighted by Crippen LogP contribution is -2.50. The number of hydrogen-bond acceptors (Lipinski definition) is 3. The fourth-order valence-electron chi connectivity index (χ4n) is 3.44. The van der Waals surface area contributed by atoms with Crippen molar-refractivity contribution in [3.63, 3.8) is 0 Å². The van der Waals surface area contributed by atoms with Gasteiger partial charge in [0.25, 0.3) is 0 Å². The van der Waals surface area contributed by atoms with Crippen molar-refractivity contribution in [1.29, 1.82) is 0 Å². The highest BCUT2D eigenvalue weighted by Crippen LogP contribution is 2.26. The zero-order chi connectivity index (χ0) is 17.6. The van der Waals surface area contributed by atoms with E-state index in [4.69, 9.17) is 4.99 Å². The molecule has 148 valence electrons. The Labute approximate surface area is 172 Å². The Morgan fingerprint density at radius 1 is 1.20 bits per heavy atom. The van der Waals surface area contributed by atoms with Gasteiger partial charge in [-0.3, -0.25) is 14.8 Å². The topological polar surface area (TPSA) is 42.9 Å². The van der Waals surface area contributed by atoms with E-state index in [1.54, 1.807) is 0 Å². The summed E-state index contributed by atoms with van der Waals surface area (Å²) in [6, 6.07) is 1.34. The van der Waals surface area contributed by atoms with Crippen LogP contribution in [0.3, 0.4) is 0 Å². The van der Waals surface area contributed by atoms with E-state index >= 15 is 0 Å². The molecule has 1 aliphatic heterocycles. The zero-order valence-corrected chi connectivity index (χ0v) is 19.3. The number of halogens is 1. The first-order valence-corrected chi connectivity index (χ1v) is 9.93. The van der Waals surface area contributed by atoms with Gasteiger partial charge in [-0.2, -0.15) is 0 Å². The van der Waals surface area contributed by atoms with Gasteiger partial charge in [0.05, 0.1) is 6.54 Å². The molecule has 2 fully saturated rings. The molecule has 2 aliphatic rings. The third kappa shape index (κ3) is 7.59. The summed E-state index contributed by atoms with van der Waals surface area (Å²) in [5, 5.41) is 6.94. The maximum atomic E-state index is 4.89. The Kier molecular flexibility index (Phi) is 10.0. The molecule has 25 heavy (non-hydrogen) atoms. The van der Waals surface area contributed by atoms with Crippen LogP contribution in [-0.4, -0.2) is 73.2 Å². The molecule has 0 bridgehead atoms. The molecule has 2 N–H and O–H groups in total. The molecule has 5 nitrogen and oxygen atoms in total. The van der Waals surface area contributed by atoms with E-state index in [9.17, 15) is 0 Å². The fourth-order valence-corrected chi connectivity index (χ4v) is 3.44. The average Bonchev–Trinajstić information content (AvgIpc) is 3.42. The molecule has 1 saturated heterocycles. The van der Waals surface area contributed by atoms with Crippen molar-refractivity contribution in [3.8, 4) is 0 Å². The average molecular weight is 465 g/mol. The van der Waals surface area contributed by atoms with E-state index in [1.807, 2.05) is 0 Å². The van der Waals surface area contributed by atoms with Crippen LogP contribution in [0, 0.1) is 0 Å². The predicted octanol–water partition coefficient (Wildman–Crippen LogP) is 2.91. The first kappa shape index (κ1) is 23.0. The third-order valence-electron chi connectivity index (χ3n) is 5.56. The van der Waals surface area contributed by atoms with Crippen LogP contribution in [0.1, 0.15) is 59.8 Å². The van der Waals surface area contributed by atoms with E-state index in [2.05, 4.69) is 55.2 Å². The molecule has 0 spiro atoms. The Bertz CT molecular complexity index is 403. The van der Waals surface area contributed by atoms with E-state index < -0.39 is 0 Å². The van der Waals surface area contributed by atoms with Crippen LogP contribution in [0.15, 0.2) is 4.99 Å². The molecule has 0 aromatic heterocycles. The SMILES string of the molecule is CCNC(=NCC(C)(C)N1CCCCC1)NCC(C)N(C)C1CC1.I. The first-order chi connectivity index (χ1) is 11.4. The number of nitrogens with zero attached hydrogens (tertiary/aromatic N) is 3. The maximum Gasteiger partial charge on any atom is 0.191 e. The minimum Gasteiger partial charge on any atom is -0.357 e. The monoisotopic (exact) mass is 465 g/mol. The van der Waals surface area contributed by atoms with Gasteiger partial charge in [-0.15, -0.1) is 24.0 Å². The zero-order valence-electron chi connectivity index (χ0n) is 17.0. The summed E-state index contributed by atoms with van der Waals surface area (Å²) in [5.74, 6) is 0.957. The lowest BCUT2D eigenvalue weighted by molar-refractivity contribution is 0.102. The van der Waals surface area contributed by atoms with Gasteiger partial charge in [0.15, 0.2) is 5.96 Å². The van der Waals surface area contributed by atoms with Crippen molar-refractivity contribution in [3.05, 3.63) is 0 Å². The van der Waals surface area contributed by atoms with Gasteiger partial charge in [-0.05, 0) is 73.5 Å². The second-order valence-corrected chi connectivity index (χ2v) is 8.18. The number of hydrogen-bond donors (Lipinski definition) is 2. The highest BCUT2D eigenvalue weighted by Gasteiger charge is 2.29. The third-order valence-corrected chi connectivity index (χ3v) is 5.56. The van der Waals surface area contributed by atoms with Crippen LogP contribution in [-0.2, 0) is 0 Å². The number of aliphatic imine (C=N–C) groups is 1. The second kappa shape index (κ2) is 10.9. The lowest BCUT2D eigenvalue weighted by Gasteiger charge is -2.40. The number of guanidine groups is 1. The van der Waals surface area contributed by atoms with Crippen molar-refractivity contribution < 1.29 is 0 Å². The molecule has 1 aliphatic carbocycles. The lowest BCUT2D eigenvalue weighted by atomic mass is 9.99. The number of likely N-dealkylation sites (tertiary alicyclic amines) is 1. The van der Waals surface area contributed by atoms with Gasteiger partial charge in [0.2, 0.25) is 0 Å². The first-order valence-electron chi connectivity index (χ1n) is 9.93. The van der Waals surface area contributed by atoms with Gasteiger partial charge >= 0.3 is 0 Å². The molecular weight excluding hydrogens is 425 g/mol. The van der Waals surface area contributed by atoms with E-state index in [0.29, 0.717) is 6.04 Å². The van der Waals surface area contributed by atoms with Crippen molar-refractivity contribution in [2.24, 2.45) is 4.99 Å². The van der Waals surface area contributed by atoms with Gasteiger partial charge in [0.1, 0.15) is 0 Å². The van der Waals surface area contributed by atoms with Crippen molar-refractivity contribution in [2.75, 3.05) is 39.8 Å². The van der Waals surface area contributed by atoms with Gasteiger partial charge < -0.3 is 10.6 Å². The predicted molar refractivity (Wildman–Crippen MR) is 119 cm³/mol. The summed E-state index contributed by atoms with van der Waals surface area (Å²) in [7, 11) is 2.24. The van der Waals surface area contributed by atoms with E-state index in [1.165, 1.54) is 45.2 Å². The number of rotatable bonds is 8. The minimum atomic E-state index is 0. The standard InChI is InChI=1S/C19H39N5.HI/c1-6-20-18(21-14-16(2)23(5)17-10-11-17)22-15-19(3,4)24-12-8-7-9-13-24;/h16-17H,6-15H2,1-5H3,(H2,20,21,22);1H. The van der Waals surface area contributed by atoms with Gasteiger partial charge in [-0.1, -0.05) is 6.42 Å². The van der Waals surface area contributed by atoms with Crippen molar-refractivity contribution >= 4 is 29.9 Å². The Balaban J connectivity index is 0.00000312. The number of piperidine rings is 1. The molecule has 0 aromatic rings. The maximum absolute atomic E-state index is 4.89. The van der Waals surface area contributed by atoms with Gasteiger partial charge in [0, 0.05) is 30.7 Å². The number of likely N-dealkylation sites (N-methyl/N-ethyl adjacent to an activating group) is 1. The van der Waals surface area contributed by atoms with Crippen LogP contribution in [0.5, 0.6) is 0 Å². The van der Waals surface area contributed by atoms with Gasteiger partial charge in [-0.25, -0.2) is 0 Å². The Morgan fingerprint density at radius 2 is 1.84 bits per heavy atom. The molecule has 0 aromatic carbocycles. The molecule has 0 amide bonds. The highest BCUT2D eigenvalue weighted by atomic mass is 127. The minimum absolute atomic E-state index is 0. The second-order valence-electron chi connectivity index (χ2n) is 8.18. The van der Waals surface area contributed by atoms with E-state index in [0.717, 1.165) is 31.6 Å². The quantitative estimate of drug-likeness (QED) is 0.329. The van der Waals surface area contributed by atoms with Crippen LogP contribution >= 0.6 is 24.0 Å². The summed E-state index contributed by atoms with van der Waals surface area (Å²) in [6.45, 7) is 14.2. The van der Waals surface area contributed by atoms with Crippen LogP contribution < -0.4 is 10.6 Å². The summed E-state index contributed by atoms with van der Waals surface area (Å²) in [4.78, 5) is 9.98. The summed E-state index contributed by atoms with van der Waals surface area (Å²) in [5.41, 5.74) is 0.138. The molecule has 0 radical (unpaired) electrons.